The Kier molecular flexibility index (Phi) is 6.62. The second kappa shape index (κ2) is 8.92. The first-order valence-electron chi connectivity index (χ1n) is 9.27. The Morgan fingerprint density at radius 1 is 1.32 bits per heavy atom. The molecule has 2 aliphatic heterocycles. The quantitative estimate of drug-likeness (QED) is 0.764. The molecule has 2 fully saturated rings. The number of nitrogens with one attached hydrogen (secondary N) is 1. The molecule has 2 saturated heterocycles. The van der Waals surface area contributed by atoms with Gasteiger partial charge in [0.15, 0.2) is 11.6 Å². The molecule has 4 nitrogen and oxygen atoms in total. The van der Waals surface area contributed by atoms with Gasteiger partial charge in [0.2, 0.25) is 0 Å². The van der Waals surface area contributed by atoms with Gasteiger partial charge in [-0.25, -0.2) is 8.78 Å². The van der Waals surface area contributed by atoms with Crippen LogP contribution in [-0.4, -0.2) is 56.4 Å². The van der Waals surface area contributed by atoms with Gasteiger partial charge in [-0.3, -0.25) is 0 Å². The normalized spacial score (nSPS) is 27.6. The molecule has 3 rings (SSSR count). The van der Waals surface area contributed by atoms with Crippen LogP contribution in [0.25, 0.3) is 0 Å². The first-order chi connectivity index (χ1) is 12.1. The highest BCUT2D eigenvalue weighted by atomic mass is 19.1. The number of nitrogens with zero attached hydrogens (tertiary/aromatic N) is 1. The molecule has 0 amide bonds. The fraction of sp³-hybridized carbons (Fsp3) is 0.684. The third-order valence-electron chi connectivity index (χ3n) is 5.14. The van der Waals surface area contributed by atoms with Crippen molar-refractivity contribution in [2.45, 2.75) is 38.3 Å². The molecule has 2 aliphatic rings. The fourth-order valence-corrected chi connectivity index (χ4v) is 3.77. The van der Waals surface area contributed by atoms with Gasteiger partial charge < -0.3 is 19.7 Å². The van der Waals surface area contributed by atoms with Crippen LogP contribution in [0.2, 0.25) is 0 Å². The van der Waals surface area contributed by atoms with Crippen LogP contribution in [0.15, 0.2) is 18.2 Å². The molecule has 1 aromatic rings. The predicted molar refractivity (Wildman–Crippen MR) is 92.8 cm³/mol. The number of benzene rings is 1. The lowest BCUT2D eigenvalue weighted by atomic mass is 9.93. The first-order valence-corrected chi connectivity index (χ1v) is 9.27. The van der Waals surface area contributed by atoms with Gasteiger partial charge in [0.05, 0.1) is 6.10 Å². The summed E-state index contributed by atoms with van der Waals surface area (Å²) < 4.78 is 37.5. The number of piperidine rings is 1. The molecular weight excluding hydrogens is 326 g/mol. The van der Waals surface area contributed by atoms with Crippen LogP contribution in [0.4, 0.5) is 8.78 Å². The third kappa shape index (κ3) is 5.36. The van der Waals surface area contributed by atoms with Crippen LogP contribution in [0.5, 0.6) is 5.75 Å². The molecule has 0 aromatic heterocycles. The van der Waals surface area contributed by atoms with Gasteiger partial charge in [-0.05, 0) is 43.9 Å². The minimum absolute atomic E-state index is 0.0997. The molecule has 25 heavy (non-hydrogen) atoms. The number of rotatable bonds is 7. The third-order valence-corrected chi connectivity index (χ3v) is 5.14. The summed E-state index contributed by atoms with van der Waals surface area (Å²) in [6.45, 7) is 7.39. The largest absolute Gasteiger partial charge is 0.489 e. The topological polar surface area (TPSA) is 33.7 Å². The van der Waals surface area contributed by atoms with Crippen LogP contribution >= 0.6 is 0 Å². The Labute approximate surface area is 148 Å². The summed E-state index contributed by atoms with van der Waals surface area (Å²) in [5.41, 5.74) is 0. The second-order valence-corrected chi connectivity index (χ2v) is 7.14. The molecule has 2 heterocycles. The summed E-state index contributed by atoms with van der Waals surface area (Å²) in [6.07, 6.45) is 3.88. The van der Waals surface area contributed by atoms with E-state index in [1.54, 1.807) is 0 Å². The molecule has 0 saturated carbocycles. The molecule has 0 spiro atoms. The second-order valence-electron chi connectivity index (χ2n) is 7.14. The maximum Gasteiger partial charge on any atom is 0.167 e. The number of halogens is 2. The zero-order valence-electron chi connectivity index (χ0n) is 14.8. The summed E-state index contributed by atoms with van der Waals surface area (Å²) in [5.74, 6) is -0.595. The van der Waals surface area contributed by atoms with Crippen LogP contribution in [0, 0.1) is 17.6 Å². The Morgan fingerprint density at radius 3 is 2.92 bits per heavy atom. The SMILES string of the molecule is C[C@@H]1CN(C[C@@H]2CCCO2)CC[C@@H]1NCCOc1ccc(F)cc1F. The van der Waals surface area contributed by atoms with E-state index in [4.69, 9.17) is 9.47 Å². The lowest BCUT2D eigenvalue weighted by Gasteiger charge is -2.38. The standard InChI is InChI=1S/C19H28F2N2O2/c1-14-12-23(13-16-3-2-9-24-16)8-6-18(14)22-7-10-25-19-5-4-15(20)11-17(19)21/h4-5,11,14,16,18,22H,2-3,6-10,12-13H2,1H3/t14-,16+,18+/m1/s1. The highest BCUT2D eigenvalue weighted by Crippen LogP contribution is 2.20. The summed E-state index contributed by atoms with van der Waals surface area (Å²) in [7, 11) is 0. The Morgan fingerprint density at radius 2 is 2.20 bits per heavy atom. The van der Waals surface area contributed by atoms with E-state index in [-0.39, 0.29) is 5.75 Å². The van der Waals surface area contributed by atoms with E-state index in [0.29, 0.717) is 31.2 Å². The number of hydrogen-bond acceptors (Lipinski definition) is 4. The zero-order chi connectivity index (χ0) is 17.6. The van der Waals surface area contributed by atoms with Crippen molar-refractivity contribution in [2.75, 3.05) is 39.4 Å². The minimum atomic E-state index is -0.657. The van der Waals surface area contributed by atoms with E-state index >= 15 is 0 Å². The summed E-state index contributed by atoms with van der Waals surface area (Å²) in [4.78, 5) is 2.50. The van der Waals surface area contributed by atoms with Crippen molar-refractivity contribution in [2.24, 2.45) is 5.92 Å². The van der Waals surface area contributed by atoms with Crippen LogP contribution in [-0.2, 0) is 4.74 Å². The van der Waals surface area contributed by atoms with E-state index < -0.39 is 11.6 Å². The number of likely N-dealkylation sites (tertiary alicyclic amines) is 1. The molecule has 6 heteroatoms. The lowest BCUT2D eigenvalue weighted by Crippen LogP contribution is -2.50. The summed E-state index contributed by atoms with van der Waals surface area (Å²) >= 11 is 0. The van der Waals surface area contributed by atoms with Gasteiger partial charge in [-0.1, -0.05) is 6.92 Å². The minimum Gasteiger partial charge on any atom is -0.489 e. The Hall–Kier alpha value is -1.24. The molecule has 140 valence electrons. The van der Waals surface area contributed by atoms with E-state index in [1.807, 2.05) is 0 Å². The number of hydrogen-bond donors (Lipinski definition) is 1. The smallest absolute Gasteiger partial charge is 0.167 e. The molecular formula is C19H28F2N2O2. The van der Waals surface area contributed by atoms with E-state index in [2.05, 4.69) is 17.1 Å². The van der Waals surface area contributed by atoms with Crippen LogP contribution in [0.1, 0.15) is 26.2 Å². The van der Waals surface area contributed by atoms with Crippen molar-refractivity contribution in [3.63, 3.8) is 0 Å². The predicted octanol–water partition coefficient (Wildman–Crippen LogP) is 2.82. The zero-order valence-corrected chi connectivity index (χ0v) is 14.8. The van der Waals surface area contributed by atoms with Crippen molar-refractivity contribution in [1.82, 2.24) is 10.2 Å². The summed E-state index contributed by atoms with van der Waals surface area (Å²) in [6, 6.07) is 3.82. The highest BCUT2D eigenvalue weighted by molar-refractivity contribution is 5.24. The van der Waals surface area contributed by atoms with Crippen molar-refractivity contribution >= 4 is 0 Å². The van der Waals surface area contributed by atoms with E-state index in [9.17, 15) is 8.78 Å². The molecule has 1 N–H and O–H groups in total. The molecule has 1 aromatic carbocycles. The molecule has 0 radical (unpaired) electrons. The fourth-order valence-electron chi connectivity index (χ4n) is 3.77. The van der Waals surface area contributed by atoms with Gasteiger partial charge >= 0.3 is 0 Å². The Balaban J connectivity index is 1.34. The van der Waals surface area contributed by atoms with Gasteiger partial charge in [-0.2, -0.15) is 0 Å². The number of ether oxygens (including phenoxy) is 2. The summed E-state index contributed by atoms with van der Waals surface area (Å²) in [5, 5.41) is 3.51. The molecule has 0 bridgehead atoms. The average molecular weight is 354 g/mol. The van der Waals surface area contributed by atoms with Crippen LogP contribution < -0.4 is 10.1 Å². The van der Waals surface area contributed by atoms with Crippen LogP contribution in [0.3, 0.4) is 0 Å². The monoisotopic (exact) mass is 354 g/mol. The van der Waals surface area contributed by atoms with Gasteiger partial charge in [0.1, 0.15) is 12.4 Å². The average Bonchev–Trinajstić information content (AvgIpc) is 3.08. The molecule has 3 atom stereocenters. The maximum absolute atomic E-state index is 13.5. The highest BCUT2D eigenvalue weighted by Gasteiger charge is 2.28. The van der Waals surface area contributed by atoms with Gasteiger partial charge in [0.25, 0.3) is 0 Å². The van der Waals surface area contributed by atoms with E-state index in [1.165, 1.54) is 25.0 Å². The van der Waals surface area contributed by atoms with Gasteiger partial charge in [0, 0.05) is 38.3 Å². The molecule has 0 aliphatic carbocycles. The molecule has 0 unspecified atom stereocenters. The van der Waals surface area contributed by atoms with Crippen molar-refractivity contribution in [3.8, 4) is 5.75 Å². The van der Waals surface area contributed by atoms with Gasteiger partial charge in [-0.15, -0.1) is 0 Å². The van der Waals surface area contributed by atoms with Crippen molar-refractivity contribution in [3.05, 3.63) is 29.8 Å². The lowest BCUT2D eigenvalue weighted by molar-refractivity contribution is 0.0510. The maximum atomic E-state index is 13.5. The Bertz CT molecular complexity index is 552. The van der Waals surface area contributed by atoms with Crippen molar-refractivity contribution in [1.29, 1.82) is 0 Å². The van der Waals surface area contributed by atoms with Crippen molar-refractivity contribution < 1.29 is 18.3 Å². The van der Waals surface area contributed by atoms with E-state index in [0.717, 1.165) is 38.7 Å². The first kappa shape index (κ1) is 18.5.